The summed E-state index contributed by atoms with van der Waals surface area (Å²) in [6.45, 7) is 0. The minimum atomic E-state index is -0.487. The fraction of sp³-hybridized carbons (Fsp3) is 0.0612. The number of benzene rings is 7. The van der Waals surface area contributed by atoms with Crippen LogP contribution in [-0.2, 0) is 5.41 Å². The highest BCUT2D eigenvalue weighted by Crippen LogP contribution is 2.62. The standard InChI is InChI=1S/C49H33NS2/c1-3-14-32(15-4-1)33-26-28-46-40(30-33)49(38-20-8-11-24-44(38)51-46)39-21-9-12-25-45(39)52-47-29-27-34(31-41(47)49)36-19-13-23-43-48(36)37-18-7-10-22-42(37)50(43)35-16-5-2-6-17-35/h1-31,37,42H. The molecular formula is C49H33NS2. The van der Waals surface area contributed by atoms with E-state index < -0.39 is 5.41 Å². The van der Waals surface area contributed by atoms with Crippen molar-refractivity contribution >= 4 is 34.9 Å². The fourth-order valence-corrected chi connectivity index (χ4v) is 11.5. The Morgan fingerprint density at radius 2 is 1.02 bits per heavy atom. The molecule has 7 aromatic rings. The Balaban J connectivity index is 1.19. The minimum Gasteiger partial charge on any atom is -0.333 e. The molecule has 0 fully saturated rings. The summed E-state index contributed by atoms with van der Waals surface area (Å²) in [6, 6.07) is 61.6. The summed E-state index contributed by atoms with van der Waals surface area (Å²) in [7, 11) is 0. The lowest BCUT2D eigenvalue weighted by Gasteiger charge is -2.46. The predicted molar refractivity (Wildman–Crippen MR) is 217 cm³/mol. The topological polar surface area (TPSA) is 3.24 Å². The van der Waals surface area contributed by atoms with E-state index in [1.54, 1.807) is 0 Å². The molecule has 0 amide bonds. The van der Waals surface area contributed by atoms with Crippen LogP contribution in [0, 0.1) is 0 Å². The summed E-state index contributed by atoms with van der Waals surface area (Å²) < 4.78 is 0. The molecule has 3 atom stereocenters. The third-order valence-corrected chi connectivity index (χ3v) is 13.6. The first kappa shape index (κ1) is 30.2. The number of fused-ring (bicyclic) bond motifs is 11. The summed E-state index contributed by atoms with van der Waals surface area (Å²) in [5, 5.41) is 0. The number of hydrogen-bond donors (Lipinski definition) is 0. The highest BCUT2D eigenvalue weighted by atomic mass is 32.2. The maximum atomic E-state index is 2.54. The Hall–Kier alpha value is -5.48. The van der Waals surface area contributed by atoms with E-state index in [1.165, 1.54) is 81.0 Å². The minimum absolute atomic E-state index is 0.237. The largest absolute Gasteiger partial charge is 0.333 e. The van der Waals surface area contributed by atoms with Crippen LogP contribution in [-0.4, -0.2) is 6.04 Å². The first-order valence-corrected chi connectivity index (χ1v) is 19.6. The quantitative estimate of drug-likeness (QED) is 0.181. The van der Waals surface area contributed by atoms with Gasteiger partial charge in [0.25, 0.3) is 0 Å². The van der Waals surface area contributed by atoms with Gasteiger partial charge in [-0.15, -0.1) is 0 Å². The Morgan fingerprint density at radius 1 is 0.442 bits per heavy atom. The van der Waals surface area contributed by atoms with Gasteiger partial charge in [-0.05, 0) is 105 Å². The summed E-state index contributed by atoms with van der Waals surface area (Å²) in [5.41, 5.74) is 13.9. The molecule has 0 saturated carbocycles. The smallest absolute Gasteiger partial charge is 0.0745 e. The number of para-hydroxylation sites is 1. The molecule has 11 rings (SSSR count). The highest BCUT2D eigenvalue weighted by Gasteiger charge is 2.49. The van der Waals surface area contributed by atoms with E-state index in [0.29, 0.717) is 0 Å². The van der Waals surface area contributed by atoms with Gasteiger partial charge in [0.2, 0.25) is 0 Å². The molecule has 246 valence electrons. The zero-order chi connectivity index (χ0) is 34.2. The van der Waals surface area contributed by atoms with Gasteiger partial charge in [-0.2, -0.15) is 0 Å². The maximum Gasteiger partial charge on any atom is 0.0745 e. The van der Waals surface area contributed by atoms with Crippen molar-refractivity contribution in [2.75, 3.05) is 4.90 Å². The first-order valence-electron chi connectivity index (χ1n) is 18.0. The van der Waals surface area contributed by atoms with Crippen LogP contribution in [0.3, 0.4) is 0 Å². The van der Waals surface area contributed by atoms with Crippen molar-refractivity contribution in [3.8, 4) is 22.3 Å². The number of nitrogens with zero attached hydrogens (tertiary/aromatic N) is 1. The number of anilines is 2. The molecule has 52 heavy (non-hydrogen) atoms. The molecule has 7 aromatic carbocycles. The molecule has 3 heterocycles. The van der Waals surface area contributed by atoms with E-state index in [0.717, 1.165) is 0 Å². The van der Waals surface area contributed by atoms with Crippen molar-refractivity contribution in [2.45, 2.75) is 37.0 Å². The molecule has 1 nitrogen and oxygen atoms in total. The molecule has 0 N–H and O–H groups in total. The summed E-state index contributed by atoms with van der Waals surface area (Å²) in [5.74, 6) is 0.262. The molecule has 0 bridgehead atoms. The van der Waals surface area contributed by atoms with Gasteiger partial charge in [-0.3, -0.25) is 0 Å². The van der Waals surface area contributed by atoms with Crippen molar-refractivity contribution in [3.63, 3.8) is 0 Å². The summed E-state index contributed by atoms with van der Waals surface area (Å²) in [6.07, 6.45) is 9.20. The van der Waals surface area contributed by atoms with Gasteiger partial charge in [0.15, 0.2) is 0 Å². The zero-order valence-electron chi connectivity index (χ0n) is 28.3. The van der Waals surface area contributed by atoms with Crippen LogP contribution < -0.4 is 4.90 Å². The second kappa shape index (κ2) is 11.8. The van der Waals surface area contributed by atoms with Crippen LogP contribution in [0.15, 0.2) is 208 Å². The zero-order valence-corrected chi connectivity index (χ0v) is 29.9. The highest BCUT2D eigenvalue weighted by molar-refractivity contribution is 8.00. The molecule has 0 aromatic heterocycles. The molecule has 4 aliphatic rings. The van der Waals surface area contributed by atoms with E-state index in [-0.39, 0.29) is 12.0 Å². The van der Waals surface area contributed by atoms with Crippen LogP contribution in [0.25, 0.3) is 22.3 Å². The van der Waals surface area contributed by atoms with Crippen LogP contribution in [0.1, 0.15) is 33.7 Å². The van der Waals surface area contributed by atoms with Crippen molar-refractivity contribution in [2.24, 2.45) is 0 Å². The Morgan fingerprint density at radius 3 is 1.73 bits per heavy atom. The Kier molecular flexibility index (Phi) is 6.83. The predicted octanol–water partition coefficient (Wildman–Crippen LogP) is 13.1. The molecule has 3 heteroatoms. The van der Waals surface area contributed by atoms with Gasteiger partial charge < -0.3 is 4.90 Å². The van der Waals surface area contributed by atoms with Crippen molar-refractivity contribution in [1.82, 2.24) is 0 Å². The van der Waals surface area contributed by atoms with Crippen LogP contribution in [0.2, 0.25) is 0 Å². The van der Waals surface area contributed by atoms with Gasteiger partial charge in [0.1, 0.15) is 0 Å². The van der Waals surface area contributed by atoms with Crippen molar-refractivity contribution < 1.29 is 0 Å². The fourth-order valence-electron chi connectivity index (χ4n) is 9.17. The molecule has 3 unspecified atom stereocenters. The van der Waals surface area contributed by atoms with E-state index in [4.69, 9.17) is 0 Å². The monoisotopic (exact) mass is 699 g/mol. The lowest BCUT2D eigenvalue weighted by molar-refractivity contribution is 0.667. The van der Waals surface area contributed by atoms with Crippen molar-refractivity contribution in [3.05, 3.63) is 216 Å². The second-order valence-electron chi connectivity index (χ2n) is 14.0. The number of allylic oxidation sites excluding steroid dienone is 2. The average molecular weight is 700 g/mol. The van der Waals surface area contributed by atoms with Gasteiger partial charge in [-0.25, -0.2) is 0 Å². The summed E-state index contributed by atoms with van der Waals surface area (Å²) >= 11 is 3.81. The molecule has 3 aliphatic heterocycles. The van der Waals surface area contributed by atoms with Gasteiger partial charge >= 0.3 is 0 Å². The van der Waals surface area contributed by atoms with E-state index in [9.17, 15) is 0 Å². The lowest BCUT2D eigenvalue weighted by atomic mass is 9.64. The first-order chi connectivity index (χ1) is 25.8. The maximum absolute atomic E-state index is 2.54. The van der Waals surface area contributed by atoms with Gasteiger partial charge in [0, 0.05) is 36.9 Å². The van der Waals surface area contributed by atoms with Crippen LogP contribution in [0.5, 0.6) is 0 Å². The number of rotatable bonds is 3. The molecule has 1 spiro atoms. The van der Waals surface area contributed by atoms with E-state index >= 15 is 0 Å². The third-order valence-electron chi connectivity index (χ3n) is 11.3. The molecule has 1 aliphatic carbocycles. The van der Waals surface area contributed by atoms with E-state index in [2.05, 4.69) is 193 Å². The lowest BCUT2D eigenvalue weighted by Crippen LogP contribution is -2.36. The SMILES string of the molecule is C1=CC2c3c(-c4ccc5c(c4)C4(c6ccccc6Sc6ccc(-c7ccccc7)cc64)c4ccccc4S5)cccc3N(c3ccccc3)C2C=C1. The molecule has 0 radical (unpaired) electrons. The van der Waals surface area contributed by atoms with Crippen molar-refractivity contribution in [1.29, 1.82) is 0 Å². The Labute approximate surface area is 313 Å². The van der Waals surface area contributed by atoms with Crippen LogP contribution >= 0.6 is 23.5 Å². The summed E-state index contributed by atoms with van der Waals surface area (Å²) in [4.78, 5) is 7.81. The van der Waals surface area contributed by atoms with Crippen LogP contribution in [0.4, 0.5) is 11.4 Å². The van der Waals surface area contributed by atoms with Gasteiger partial charge in [0.05, 0.1) is 11.5 Å². The van der Waals surface area contributed by atoms with E-state index in [1.807, 2.05) is 23.5 Å². The Bertz CT molecular complexity index is 2560. The second-order valence-corrected chi connectivity index (χ2v) is 16.1. The molecular weight excluding hydrogens is 667 g/mol. The normalized spacial score (nSPS) is 20.0. The number of hydrogen-bond acceptors (Lipinski definition) is 3. The average Bonchev–Trinajstić information content (AvgIpc) is 3.56. The van der Waals surface area contributed by atoms with Gasteiger partial charge in [-0.1, -0.05) is 157 Å². The third kappa shape index (κ3) is 4.33. The molecule has 0 saturated heterocycles.